The van der Waals surface area contributed by atoms with Gasteiger partial charge in [0.2, 0.25) is 11.8 Å². The van der Waals surface area contributed by atoms with E-state index < -0.39 is 45.6 Å². The lowest BCUT2D eigenvalue weighted by Gasteiger charge is -2.43. The third kappa shape index (κ3) is 3.13. The van der Waals surface area contributed by atoms with Crippen LogP contribution in [-0.4, -0.2) is 55.1 Å². The number of aliphatic carboxylic acids is 1. The lowest BCUT2D eigenvalue weighted by Crippen LogP contribution is -2.70. The van der Waals surface area contributed by atoms with Gasteiger partial charge in [-0.25, -0.2) is 9.59 Å². The molecule has 2 fully saturated rings. The van der Waals surface area contributed by atoms with Crippen LogP contribution in [0.5, 0.6) is 5.75 Å². The number of thioether (sulfide) groups is 1. The summed E-state index contributed by atoms with van der Waals surface area (Å²) in [6, 6.07) is 3.68. The molecule has 10 heteroatoms. The molecule has 1 aromatic heterocycles. The van der Waals surface area contributed by atoms with Gasteiger partial charge < -0.3 is 24.8 Å². The third-order valence-electron chi connectivity index (χ3n) is 5.16. The van der Waals surface area contributed by atoms with Gasteiger partial charge in [-0.1, -0.05) is 0 Å². The SMILES string of the molecule is CC1(C)SC2C(NC(=O)Cc3cc(=O)oc4cc(O)ccc34)C(=O)N2C1C(=O)O. The van der Waals surface area contributed by atoms with Crippen molar-refractivity contribution < 1.29 is 29.0 Å². The normalized spacial score (nSPS) is 24.8. The van der Waals surface area contributed by atoms with Crippen LogP contribution in [0.15, 0.2) is 33.5 Å². The van der Waals surface area contributed by atoms with E-state index in [1.54, 1.807) is 19.9 Å². The number of amides is 2. The van der Waals surface area contributed by atoms with E-state index in [1.165, 1.54) is 34.9 Å². The summed E-state index contributed by atoms with van der Waals surface area (Å²) in [6.07, 6.45) is -0.167. The number of aromatic hydroxyl groups is 1. The Balaban J connectivity index is 1.52. The highest BCUT2D eigenvalue weighted by molar-refractivity contribution is 8.01. The Morgan fingerprint density at radius 1 is 1.28 bits per heavy atom. The van der Waals surface area contributed by atoms with E-state index in [2.05, 4.69) is 5.32 Å². The fourth-order valence-electron chi connectivity index (χ4n) is 3.91. The van der Waals surface area contributed by atoms with E-state index in [0.29, 0.717) is 10.9 Å². The van der Waals surface area contributed by atoms with Crippen LogP contribution in [0.1, 0.15) is 19.4 Å². The summed E-state index contributed by atoms with van der Waals surface area (Å²) in [4.78, 5) is 49.6. The van der Waals surface area contributed by atoms with Gasteiger partial charge in [-0.2, -0.15) is 0 Å². The highest BCUT2D eigenvalue weighted by atomic mass is 32.2. The number of carbonyl (C=O) groups is 3. The molecule has 3 heterocycles. The van der Waals surface area contributed by atoms with Crippen LogP contribution in [0.25, 0.3) is 11.0 Å². The van der Waals surface area contributed by atoms with Crippen LogP contribution < -0.4 is 10.9 Å². The molecule has 152 valence electrons. The van der Waals surface area contributed by atoms with Gasteiger partial charge in [0.05, 0.1) is 6.42 Å². The maximum absolute atomic E-state index is 12.6. The summed E-state index contributed by atoms with van der Waals surface area (Å²) in [6.45, 7) is 3.51. The van der Waals surface area contributed by atoms with Crippen molar-refractivity contribution in [2.75, 3.05) is 0 Å². The van der Waals surface area contributed by atoms with E-state index in [-0.39, 0.29) is 17.8 Å². The van der Waals surface area contributed by atoms with Gasteiger partial charge in [0.25, 0.3) is 0 Å². The molecular formula is C19H18N2O7S. The predicted molar refractivity (Wildman–Crippen MR) is 104 cm³/mol. The molecule has 0 radical (unpaired) electrons. The van der Waals surface area contributed by atoms with Gasteiger partial charge in [0, 0.05) is 22.3 Å². The molecule has 9 nitrogen and oxygen atoms in total. The molecule has 3 unspecified atom stereocenters. The van der Waals surface area contributed by atoms with Gasteiger partial charge in [0.15, 0.2) is 0 Å². The smallest absolute Gasteiger partial charge is 0.336 e. The van der Waals surface area contributed by atoms with Crippen molar-refractivity contribution in [3.8, 4) is 5.75 Å². The number of hydrogen-bond acceptors (Lipinski definition) is 7. The summed E-state index contributed by atoms with van der Waals surface area (Å²) < 4.78 is 4.36. The Labute approximate surface area is 168 Å². The first-order valence-electron chi connectivity index (χ1n) is 8.86. The number of β-lactam (4-membered cyclic amide) rings is 1. The number of nitrogens with one attached hydrogen (secondary N) is 1. The maximum Gasteiger partial charge on any atom is 0.336 e. The maximum atomic E-state index is 12.6. The molecule has 0 spiro atoms. The zero-order valence-corrected chi connectivity index (χ0v) is 16.4. The lowest BCUT2D eigenvalue weighted by atomic mass is 9.96. The quantitative estimate of drug-likeness (QED) is 0.487. The second-order valence-corrected chi connectivity index (χ2v) is 9.36. The first kappa shape index (κ1) is 19.3. The fourth-order valence-corrected chi connectivity index (χ4v) is 5.53. The Morgan fingerprint density at radius 3 is 2.69 bits per heavy atom. The summed E-state index contributed by atoms with van der Waals surface area (Å²) in [5.41, 5.74) is -0.0991. The number of carboxylic acids is 1. The predicted octanol–water partition coefficient (Wildman–Crippen LogP) is 0.673. The van der Waals surface area contributed by atoms with Crippen molar-refractivity contribution in [3.05, 3.63) is 40.2 Å². The minimum atomic E-state index is -1.08. The standard InChI is InChI=1S/C19H18N2O7S/c1-19(2)15(18(26)27)21-16(25)14(17(21)29-19)20-12(23)5-8-6-13(24)28-11-7-9(22)3-4-10(8)11/h3-4,6-7,14-15,17,22H,5H2,1-2H3,(H,20,23)(H,26,27). The average molecular weight is 418 g/mol. The second kappa shape index (κ2) is 6.51. The zero-order valence-electron chi connectivity index (χ0n) is 15.5. The molecule has 29 heavy (non-hydrogen) atoms. The first-order valence-corrected chi connectivity index (χ1v) is 9.74. The highest BCUT2D eigenvalue weighted by Gasteiger charge is 2.64. The van der Waals surface area contributed by atoms with Gasteiger partial charge in [-0.05, 0) is 31.5 Å². The van der Waals surface area contributed by atoms with Crippen molar-refractivity contribution in [2.45, 2.75) is 42.5 Å². The topological polar surface area (TPSA) is 137 Å². The number of nitrogens with zero attached hydrogens (tertiary/aromatic N) is 1. The Kier molecular flexibility index (Phi) is 4.34. The molecule has 0 saturated carbocycles. The van der Waals surface area contributed by atoms with E-state index in [0.717, 1.165) is 0 Å². The molecule has 0 bridgehead atoms. The zero-order chi connectivity index (χ0) is 21.1. The summed E-state index contributed by atoms with van der Waals surface area (Å²) >= 11 is 1.34. The minimum absolute atomic E-state index is 0.0729. The van der Waals surface area contributed by atoms with Crippen molar-refractivity contribution >= 4 is 40.5 Å². The van der Waals surface area contributed by atoms with Gasteiger partial charge >= 0.3 is 11.6 Å². The third-order valence-corrected chi connectivity index (χ3v) is 6.73. The molecule has 3 atom stereocenters. The number of benzene rings is 1. The number of hydrogen-bond donors (Lipinski definition) is 3. The van der Waals surface area contributed by atoms with E-state index in [9.17, 15) is 29.4 Å². The molecule has 2 saturated heterocycles. The number of rotatable bonds is 4. The molecule has 2 aromatic rings. The highest BCUT2D eigenvalue weighted by Crippen LogP contribution is 2.50. The van der Waals surface area contributed by atoms with Crippen molar-refractivity contribution in [3.63, 3.8) is 0 Å². The molecule has 1 aromatic carbocycles. The van der Waals surface area contributed by atoms with Crippen LogP contribution >= 0.6 is 11.8 Å². The Bertz CT molecular complexity index is 1110. The van der Waals surface area contributed by atoms with Crippen LogP contribution in [0.3, 0.4) is 0 Å². The van der Waals surface area contributed by atoms with Crippen LogP contribution in [0.4, 0.5) is 0 Å². The van der Waals surface area contributed by atoms with Crippen molar-refractivity contribution in [2.24, 2.45) is 0 Å². The average Bonchev–Trinajstić information content (AvgIpc) is 2.87. The van der Waals surface area contributed by atoms with Gasteiger partial charge in [-0.3, -0.25) is 9.59 Å². The van der Waals surface area contributed by atoms with E-state index >= 15 is 0 Å². The van der Waals surface area contributed by atoms with Crippen LogP contribution in [-0.2, 0) is 20.8 Å². The lowest BCUT2D eigenvalue weighted by molar-refractivity contribution is -0.161. The van der Waals surface area contributed by atoms with Crippen molar-refractivity contribution in [1.29, 1.82) is 0 Å². The molecule has 4 rings (SSSR count). The van der Waals surface area contributed by atoms with E-state index in [1.807, 2.05) is 0 Å². The van der Waals surface area contributed by atoms with Gasteiger partial charge in [0.1, 0.15) is 28.8 Å². The number of fused-ring (bicyclic) bond motifs is 2. The molecular weight excluding hydrogens is 400 g/mol. The Hall–Kier alpha value is -3.01. The largest absolute Gasteiger partial charge is 0.508 e. The number of carboxylic acid groups (broad SMARTS) is 1. The molecule has 3 N–H and O–H groups in total. The number of carbonyl (C=O) groups excluding carboxylic acids is 2. The van der Waals surface area contributed by atoms with Crippen LogP contribution in [0, 0.1) is 0 Å². The summed E-state index contributed by atoms with van der Waals surface area (Å²) in [5.74, 6) is -2.05. The molecule has 0 aliphatic carbocycles. The monoisotopic (exact) mass is 418 g/mol. The van der Waals surface area contributed by atoms with Crippen LogP contribution in [0.2, 0.25) is 0 Å². The minimum Gasteiger partial charge on any atom is -0.508 e. The first-order chi connectivity index (χ1) is 13.6. The van der Waals surface area contributed by atoms with Gasteiger partial charge in [-0.15, -0.1) is 11.8 Å². The fraction of sp³-hybridized carbons (Fsp3) is 0.368. The number of phenols is 1. The second-order valence-electron chi connectivity index (χ2n) is 7.59. The number of phenolic OH excluding ortho intramolecular Hbond substituents is 1. The summed E-state index contributed by atoms with van der Waals surface area (Å²) in [5, 5.41) is 21.7. The molecule has 2 aliphatic rings. The van der Waals surface area contributed by atoms with E-state index in [4.69, 9.17) is 4.42 Å². The van der Waals surface area contributed by atoms with Crippen molar-refractivity contribution in [1.82, 2.24) is 10.2 Å². The Morgan fingerprint density at radius 2 is 2.00 bits per heavy atom. The molecule has 2 aliphatic heterocycles. The summed E-state index contributed by atoms with van der Waals surface area (Å²) in [7, 11) is 0. The molecule has 2 amide bonds.